The van der Waals surface area contributed by atoms with Crippen molar-refractivity contribution in [3.05, 3.63) is 0 Å². The molecule has 0 aromatic carbocycles. The molecule has 3 N–H and O–H groups in total. The molecular weight excluding hydrogens is 323 g/mol. The van der Waals surface area contributed by atoms with Crippen LogP contribution in [0.25, 0.3) is 0 Å². The number of hydrogen-bond donors (Lipinski definition) is 3. The molecule has 1 saturated heterocycles. The topological polar surface area (TPSA) is 117 Å². The SMILES string of the molecule is CCOCCC(=O)NCCNC(=O)CCN1C(=O)CC(NF)C1=O. The number of carbonyl (C=O) groups excluding carboxylic acids is 4. The van der Waals surface area contributed by atoms with Crippen LogP contribution in [0.2, 0.25) is 0 Å². The largest absolute Gasteiger partial charge is 0.381 e. The summed E-state index contributed by atoms with van der Waals surface area (Å²) in [7, 11) is 0. The first-order valence-electron chi connectivity index (χ1n) is 7.81. The van der Waals surface area contributed by atoms with Crippen molar-refractivity contribution in [3.63, 3.8) is 0 Å². The Morgan fingerprint density at radius 2 is 1.83 bits per heavy atom. The highest BCUT2D eigenvalue weighted by Gasteiger charge is 2.38. The summed E-state index contributed by atoms with van der Waals surface area (Å²) in [5, 5.41) is 5.18. The summed E-state index contributed by atoms with van der Waals surface area (Å²) >= 11 is 0. The fraction of sp³-hybridized carbons (Fsp3) is 0.714. The van der Waals surface area contributed by atoms with Crippen LogP contribution in [0.5, 0.6) is 0 Å². The van der Waals surface area contributed by atoms with Gasteiger partial charge in [0.1, 0.15) is 6.04 Å². The minimum absolute atomic E-state index is 0.0746. The molecule has 0 radical (unpaired) electrons. The van der Waals surface area contributed by atoms with Crippen LogP contribution in [0.1, 0.15) is 26.2 Å². The van der Waals surface area contributed by atoms with Gasteiger partial charge in [0.25, 0.3) is 0 Å². The molecule has 136 valence electrons. The van der Waals surface area contributed by atoms with Crippen LogP contribution in [-0.4, -0.2) is 67.4 Å². The summed E-state index contributed by atoms with van der Waals surface area (Å²) in [5.41, 5.74) is 1.27. The van der Waals surface area contributed by atoms with Gasteiger partial charge in [0.05, 0.1) is 13.0 Å². The maximum absolute atomic E-state index is 12.3. The van der Waals surface area contributed by atoms with Gasteiger partial charge in [0.2, 0.25) is 23.6 Å². The molecule has 0 aromatic heterocycles. The standard InChI is InChI=1S/C14H23FN4O5/c1-2-24-8-4-12(21)17-6-5-16-11(20)3-7-19-13(22)9-10(18-15)14(19)23/h10,18H,2-9H2,1H3,(H,16,20)(H,17,21). The molecular formula is C14H23FN4O5. The highest BCUT2D eigenvalue weighted by Crippen LogP contribution is 2.13. The van der Waals surface area contributed by atoms with Crippen molar-refractivity contribution in [3.8, 4) is 0 Å². The number of rotatable bonds is 11. The van der Waals surface area contributed by atoms with Crippen molar-refractivity contribution in [1.29, 1.82) is 0 Å². The lowest BCUT2D eigenvalue weighted by Gasteiger charge is -2.14. The Balaban J connectivity index is 2.13. The maximum Gasteiger partial charge on any atom is 0.249 e. The smallest absolute Gasteiger partial charge is 0.249 e. The average Bonchev–Trinajstić information content (AvgIpc) is 2.83. The molecule has 1 heterocycles. The Morgan fingerprint density at radius 3 is 2.38 bits per heavy atom. The summed E-state index contributed by atoms with van der Waals surface area (Å²) < 4.78 is 17.3. The first-order chi connectivity index (χ1) is 11.5. The number of ether oxygens (including phenoxy) is 1. The lowest BCUT2D eigenvalue weighted by molar-refractivity contribution is -0.139. The van der Waals surface area contributed by atoms with E-state index in [0.717, 1.165) is 4.90 Å². The predicted molar refractivity (Wildman–Crippen MR) is 81.1 cm³/mol. The third-order valence-corrected chi connectivity index (χ3v) is 3.39. The summed E-state index contributed by atoms with van der Waals surface area (Å²) in [6, 6.07) is -1.16. The zero-order chi connectivity index (χ0) is 17.9. The fourth-order valence-corrected chi connectivity index (χ4v) is 2.11. The van der Waals surface area contributed by atoms with Crippen LogP contribution >= 0.6 is 0 Å². The van der Waals surface area contributed by atoms with Crippen molar-refractivity contribution >= 4 is 23.6 Å². The minimum atomic E-state index is -1.16. The van der Waals surface area contributed by atoms with E-state index in [1.165, 1.54) is 5.54 Å². The third kappa shape index (κ3) is 6.59. The molecule has 1 rings (SSSR count). The monoisotopic (exact) mass is 346 g/mol. The fourth-order valence-electron chi connectivity index (χ4n) is 2.11. The maximum atomic E-state index is 12.3. The number of carbonyl (C=O) groups is 4. The average molecular weight is 346 g/mol. The molecule has 0 saturated carbocycles. The van der Waals surface area contributed by atoms with E-state index in [0.29, 0.717) is 13.2 Å². The summed E-state index contributed by atoms with van der Waals surface area (Å²) in [4.78, 5) is 47.0. The number of likely N-dealkylation sites (tertiary alicyclic amines) is 1. The molecule has 9 nitrogen and oxygen atoms in total. The zero-order valence-electron chi connectivity index (χ0n) is 13.6. The van der Waals surface area contributed by atoms with E-state index in [9.17, 15) is 23.7 Å². The Kier molecular flexibility index (Phi) is 8.87. The first kappa shape index (κ1) is 20.0. The molecule has 0 bridgehead atoms. The first-order valence-corrected chi connectivity index (χ1v) is 7.81. The molecule has 1 aliphatic rings. The van der Waals surface area contributed by atoms with E-state index >= 15 is 0 Å². The van der Waals surface area contributed by atoms with Crippen molar-refractivity contribution in [2.45, 2.75) is 32.2 Å². The second-order valence-electron chi connectivity index (χ2n) is 5.15. The Bertz CT molecular complexity index is 474. The van der Waals surface area contributed by atoms with Crippen LogP contribution in [0.4, 0.5) is 4.48 Å². The molecule has 1 fully saturated rings. The van der Waals surface area contributed by atoms with Gasteiger partial charge >= 0.3 is 0 Å². The predicted octanol–water partition coefficient (Wildman–Crippen LogP) is -1.36. The van der Waals surface area contributed by atoms with E-state index in [1.54, 1.807) is 0 Å². The van der Waals surface area contributed by atoms with Crippen molar-refractivity contribution in [2.75, 3.05) is 32.8 Å². The molecule has 1 unspecified atom stereocenters. The second-order valence-corrected chi connectivity index (χ2v) is 5.15. The zero-order valence-corrected chi connectivity index (χ0v) is 13.6. The Labute approximate surface area is 139 Å². The second kappa shape index (κ2) is 10.7. The summed E-state index contributed by atoms with van der Waals surface area (Å²) in [6.45, 7) is 3.14. The normalized spacial score (nSPS) is 17.2. The molecule has 0 aromatic rings. The van der Waals surface area contributed by atoms with Crippen molar-refractivity contribution in [2.24, 2.45) is 0 Å². The van der Waals surface area contributed by atoms with Crippen LogP contribution in [0, 0.1) is 0 Å². The van der Waals surface area contributed by atoms with E-state index in [1.807, 2.05) is 6.92 Å². The van der Waals surface area contributed by atoms with E-state index in [-0.39, 0.29) is 50.7 Å². The molecule has 0 spiro atoms. The minimum Gasteiger partial charge on any atom is -0.381 e. The molecule has 1 aliphatic heterocycles. The van der Waals surface area contributed by atoms with E-state index < -0.39 is 17.9 Å². The van der Waals surface area contributed by atoms with Gasteiger partial charge in [-0.15, -0.1) is 10.0 Å². The lowest BCUT2D eigenvalue weighted by atomic mass is 10.3. The molecule has 0 aliphatic carbocycles. The number of amides is 4. The molecule has 1 atom stereocenters. The van der Waals surface area contributed by atoms with Gasteiger partial charge in [-0.25, -0.2) is 0 Å². The van der Waals surface area contributed by atoms with Gasteiger partial charge in [-0.3, -0.25) is 24.1 Å². The number of nitrogens with zero attached hydrogens (tertiary/aromatic N) is 1. The molecule has 24 heavy (non-hydrogen) atoms. The lowest BCUT2D eigenvalue weighted by Crippen LogP contribution is -2.39. The number of halogens is 1. The van der Waals surface area contributed by atoms with Crippen LogP contribution in [-0.2, 0) is 23.9 Å². The van der Waals surface area contributed by atoms with Crippen LogP contribution < -0.4 is 16.2 Å². The van der Waals surface area contributed by atoms with Crippen molar-refractivity contribution in [1.82, 2.24) is 21.1 Å². The van der Waals surface area contributed by atoms with Gasteiger partial charge in [0.15, 0.2) is 0 Å². The Morgan fingerprint density at radius 1 is 1.21 bits per heavy atom. The van der Waals surface area contributed by atoms with Crippen LogP contribution in [0.15, 0.2) is 0 Å². The van der Waals surface area contributed by atoms with Gasteiger partial charge in [-0.1, -0.05) is 0 Å². The highest BCUT2D eigenvalue weighted by molar-refractivity contribution is 6.05. The summed E-state index contributed by atoms with van der Waals surface area (Å²) in [5.74, 6) is -1.71. The van der Waals surface area contributed by atoms with Gasteiger partial charge < -0.3 is 15.4 Å². The Hall–Kier alpha value is -2.07. The van der Waals surface area contributed by atoms with Gasteiger partial charge in [-0.05, 0) is 6.92 Å². The van der Waals surface area contributed by atoms with Crippen molar-refractivity contribution < 1.29 is 28.4 Å². The van der Waals surface area contributed by atoms with E-state index in [2.05, 4.69) is 10.6 Å². The third-order valence-electron chi connectivity index (χ3n) is 3.39. The number of hydrogen-bond acceptors (Lipinski definition) is 6. The quantitative estimate of drug-likeness (QED) is 0.242. The van der Waals surface area contributed by atoms with Gasteiger partial charge in [-0.2, -0.15) is 0 Å². The molecule has 10 heteroatoms. The van der Waals surface area contributed by atoms with E-state index in [4.69, 9.17) is 4.74 Å². The number of imide groups is 1. The van der Waals surface area contributed by atoms with Crippen LogP contribution in [0.3, 0.4) is 0 Å². The molecule has 4 amide bonds. The van der Waals surface area contributed by atoms with Gasteiger partial charge in [0, 0.05) is 39.1 Å². The highest BCUT2D eigenvalue weighted by atomic mass is 19.2. The summed E-state index contributed by atoms with van der Waals surface area (Å²) in [6.07, 6.45) is -0.0652. The number of nitrogens with one attached hydrogen (secondary N) is 3.